The maximum Gasteiger partial charge on any atom is 0.253 e. The lowest BCUT2D eigenvalue weighted by Gasteiger charge is -2.23. The molecule has 9 heteroatoms. The van der Waals surface area contributed by atoms with Crippen molar-refractivity contribution in [3.8, 4) is 22.5 Å². The van der Waals surface area contributed by atoms with Crippen LogP contribution in [0.5, 0.6) is 0 Å². The van der Waals surface area contributed by atoms with Crippen LogP contribution in [0, 0.1) is 0 Å². The van der Waals surface area contributed by atoms with E-state index >= 15 is 0 Å². The van der Waals surface area contributed by atoms with Crippen molar-refractivity contribution in [1.29, 1.82) is 0 Å². The molecule has 0 spiro atoms. The summed E-state index contributed by atoms with van der Waals surface area (Å²) in [6.07, 6.45) is 7.27. The molecule has 0 unspecified atom stereocenters. The zero-order valence-electron chi connectivity index (χ0n) is 17.2. The Labute approximate surface area is 179 Å². The number of anilines is 1. The first kappa shape index (κ1) is 19.3. The van der Waals surface area contributed by atoms with Gasteiger partial charge < -0.3 is 21.4 Å². The number of nitrogens with zero attached hydrogens (tertiary/aromatic N) is 4. The van der Waals surface area contributed by atoms with Crippen molar-refractivity contribution in [2.24, 2.45) is 7.05 Å². The molecule has 4 heterocycles. The van der Waals surface area contributed by atoms with E-state index in [9.17, 15) is 4.79 Å². The second kappa shape index (κ2) is 7.84. The smallest absolute Gasteiger partial charge is 0.253 e. The van der Waals surface area contributed by atoms with Crippen molar-refractivity contribution in [3.05, 3.63) is 48.4 Å². The number of imidazole rings is 1. The average molecular weight is 416 g/mol. The summed E-state index contributed by atoms with van der Waals surface area (Å²) in [6.45, 7) is 1.84. The highest BCUT2D eigenvalue weighted by molar-refractivity contribution is 6.05. The number of H-pyrrole nitrogens is 1. The largest absolute Gasteiger partial charge is 0.383 e. The predicted octanol–water partition coefficient (Wildman–Crippen LogP) is 2.09. The molecule has 0 saturated carbocycles. The highest BCUT2D eigenvalue weighted by Gasteiger charge is 2.20. The first-order chi connectivity index (χ1) is 15.1. The van der Waals surface area contributed by atoms with Gasteiger partial charge in [0.25, 0.3) is 5.91 Å². The van der Waals surface area contributed by atoms with Crippen LogP contribution in [0.2, 0.25) is 0 Å². The van der Waals surface area contributed by atoms with E-state index in [1.807, 2.05) is 31.4 Å². The van der Waals surface area contributed by atoms with Gasteiger partial charge in [0.15, 0.2) is 0 Å². The monoisotopic (exact) mass is 416 g/mol. The summed E-state index contributed by atoms with van der Waals surface area (Å²) < 4.78 is 1.74. The Morgan fingerprint density at radius 2 is 2.06 bits per heavy atom. The third-order valence-corrected chi connectivity index (χ3v) is 5.64. The van der Waals surface area contributed by atoms with E-state index in [0.717, 1.165) is 42.6 Å². The summed E-state index contributed by atoms with van der Waals surface area (Å²) in [5.41, 5.74) is 10.6. The molecule has 0 aliphatic carbocycles. The number of piperidine rings is 1. The van der Waals surface area contributed by atoms with Crippen LogP contribution in [-0.2, 0) is 7.05 Å². The number of para-hydroxylation sites is 1. The number of benzene rings is 1. The lowest BCUT2D eigenvalue weighted by Crippen LogP contribution is -2.42. The van der Waals surface area contributed by atoms with Crippen LogP contribution in [0.15, 0.2) is 42.9 Å². The van der Waals surface area contributed by atoms with E-state index in [1.165, 1.54) is 0 Å². The van der Waals surface area contributed by atoms with E-state index < -0.39 is 0 Å². The molecule has 4 aromatic rings. The molecule has 1 saturated heterocycles. The van der Waals surface area contributed by atoms with Gasteiger partial charge >= 0.3 is 0 Å². The molecule has 158 valence electrons. The van der Waals surface area contributed by atoms with Crippen LogP contribution < -0.4 is 16.4 Å². The van der Waals surface area contributed by atoms with Crippen LogP contribution in [-0.4, -0.2) is 49.8 Å². The average Bonchev–Trinajstić information content (AvgIpc) is 3.41. The first-order valence-corrected chi connectivity index (χ1v) is 10.3. The van der Waals surface area contributed by atoms with Crippen LogP contribution in [0.25, 0.3) is 33.5 Å². The number of nitrogens with one attached hydrogen (secondary N) is 3. The van der Waals surface area contributed by atoms with Crippen molar-refractivity contribution in [2.45, 2.75) is 18.9 Å². The third kappa shape index (κ3) is 3.75. The van der Waals surface area contributed by atoms with Crippen molar-refractivity contribution >= 4 is 22.8 Å². The van der Waals surface area contributed by atoms with Gasteiger partial charge in [-0.3, -0.25) is 9.48 Å². The fourth-order valence-corrected chi connectivity index (χ4v) is 3.97. The number of aryl methyl sites for hydroxylation is 1. The van der Waals surface area contributed by atoms with E-state index in [1.54, 1.807) is 23.1 Å². The summed E-state index contributed by atoms with van der Waals surface area (Å²) >= 11 is 0. The van der Waals surface area contributed by atoms with Gasteiger partial charge in [-0.05, 0) is 44.1 Å². The lowest BCUT2D eigenvalue weighted by molar-refractivity contribution is 0.0931. The fourth-order valence-electron chi connectivity index (χ4n) is 3.97. The van der Waals surface area contributed by atoms with Crippen LogP contribution in [0.3, 0.4) is 0 Å². The maximum atomic E-state index is 12.9. The molecule has 31 heavy (non-hydrogen) atoms. The van der Waals surface area contributed by atoms with Crippen LogP contribution in [0.4, 0.5) is 5.82 Å². The van der Waals surface area contributed by atoms with Crippen molar-refractivity contribution < 1.29 is 4.79 Å². The summed E-state index contributed by atoms with van der Waals surface area (Å²) in [4.78, 5) is 25.3. The fraction of sp³-hybridized carbons (Fsp3) is 0.273. The SMILES string of the molecule is Cn1cc(-c2cnc(N)c(-c3nc4c(C(=O)NC5CCNCC5)cccc4[nH]3)c2)cn1. The van der Waals surface area contributed by atoms with Gasteiger partial charge in [-0.15, -0.1) is 0 Å². The molecular formula is C22H24N8O. The molecule has 0 radical (unpaired) electrons. The number of hydrogen-bond acceptors (Lipinski definition) is 6. The van der Waals surface area contributed by atoms with Gasteiger partial charge in [0, 0.05) is 36.6 Å². The number of hydrogen-bond donors (Lipinski definition) is 4. The molecule has 0 bridgehead atoms. The van der Waals surface area contributed by atoms with E-state index in [0.29, 0.717) is 28.3 Å². The molecule has 5 rings (SSSR count). The normalized spacial score (nSPS) is 14.7. The molecule has 0 atom stereocenters. The number of carbonyl (C=O) groups excluding carboxylic acids is 1. The van der Waals surface area contributed by atoms with Gasteiger partial charge in [0.1, 0.15) is 17.2 Å². The molecule has 1 aliphatic rings. The van der Waals surface area contributed by atoms with Gasteiger partial charge in [-0.25, -0.2) is 9.97 Å². The second-order valence-electron chi connectivity index (χ2n) is 7.84. The third-order valence-electron chi connectivity index (χ3n) is 5.64. The number of aromatic amines is 1. The van der Waals surface area contributed by atoms with Crippen LogP contribution in [0.1, 0.15) is 23.2 Å². The highest BCUT2D eigenvalue weighted by atomic mass is 16.1. The molecule has 5 N–H and O–H groups in total. The zero-order valence-corrected chi connectivity index (χ0v) is 17.2. The standard InChI is InChI=1S/C22H24N8O/c1-30-12-14(11-26-30)13-9-17(20(23)25-10-13)21-28-18-4-2-3-16(19(18)29-21)22(31)27-15-5-7-24-8-6-15/h2-4,9-12,15,24H,5-8H2,1H3,(H2,23,25)(H,27,31)(H,28,29). The van der Waals surface area contributed by atoms with E-state index in [-0.39, 0.29) is 11.9 Å². The Morgan fingerprint density at radius 3 is 2.84 bits per heavy atom. The topological polar surface area (TPSA) is 127 Å². The Morgan fingerprint density at radius 1 is 1.23 bits per heavy atom. The minimum absolute atomic E-state index is 0.106. The van der Waals surface area contributed by atoms with Crippen molar-refractivity contribution in [3.63, 3.8) is 0 Å². The number of rotatable bonds is 4. The molecule has 1 aliphatic heterocycles. The summed E-state index contributed by atoms with van der Waals surface area (Å²) in [6, 6.07) is 7.68. The zero-order chi connectivity index (χ0) is 21.4. The van der Waals surface area contributed by atoms with Crippen molar-refractivity contribution in [1.82, 2.24) is 35.4 Å². The Balaban J connectivity index is 1.50. The van der Waals surface area contributed by atoms with Crippen LogP contribution >= 0.6 is 0 Å². The summed E-state index contributed by atoms with van der Waals surface area (Å²) in [5.74, 6) is 0.839. The lowest BCUT2D eigenvalue weighted by atomic mass is 10.1. The molecule has 1 amide bonds. The quantitative estimate of drug-likeness (QED) is 0.403. The summed E-state index contributed by atoms with van der Waals surface area (Å²) in [7, 11) is 1.87. The highest BCUT2D eigenvalue weighted by Crippen LogP contribution is 2.30. The predicted molar refractivity (Wildman–Crippen MR) is 119 cm³/mol. The summed E-state index contributed by atoms with van der Waals surface area (Å²) in [5, 5.41) is 10.7. The Kier molecular flexibility index (Phi) is 4.87. The number of amides is 1. The van der Waals surface area contributed by atoms with Gasteiger partial charge in [-0.2, -0.15) is 5.10 Å². The Hall–Kier alpha value is -3.72. The molecule has 1 aromatic carbocycles. The van der Waals surface area contributed by atoms with Crippen molar-refractivity contribution in [2.75, 3.05) is 18.8 Å². The number of nitrogens with two attached hydrogens (primary N) is 1. The van der Waals surface area contributed by atoms with E-state index in [4.69, 9.17) is 10.7 Å². The minimum Gasteiger partial charge on any atom is -0.383 e. The van der Waals surface area contributed by atoms with Gasteiger partial charge in [0.05, 0.1) is 22.8 Å². The van der Waals surface area contributed by atoms with Gasteiger partial charge in [-0.1, -0.05) is 6.07 Å². The van der Waals surface area contributed by atoms with E-state index in [2.05, 4.69) is 25.7 Å². The number of nitrogen functional groups attached to an aromatic ring is 1. The molecule has 9 nitrogen and oxygen atoms in total. The number of pyridine rings is 1. The first-order valence-electron chi connectivity index (χ1n) is 10.3. The molecule has 3 aromatic heterocycles. The number of aromatic nitrogens is 5. The number of fused-ring (bicyclic) bond motifs is 1. The maximum absolute atomic E-state index is 12.9. The Bertz CT molecular complexity index is 1250. The molecule has 1 fully saturated rings. The number of carbonyl (C=O) groups is 1. The molecular weight excluding hydrogens is 392 g/mol. The van der Waals surface area contributed by atoms with Gasteiger partial charge in [0.2, 0.25) is 0 Å². The minimum atomic E-state index is -0.106. The second-order valence-corrected chi connectivity index (χ2v) is 7.84.